The molecule has 1 aromatic rings. The van der Waals surface area contributed by atoms with Gasteiger partial charge in [0.15, 0.2) is 5.11 Å². The summed E-state index contributed by atoms with van der Waals surface area (Å²) >= 11 is 5.06. The summed E-state index contributed by atoms with van der Waals surface area (Å²) < 4.78 is 1.23. The van der Waals surface area contributed by atoms with Gasteiger partial charge < -0.3 is 0 Å². The number of hydrogen-bond donors (Lipinski definition) is 0. The molecule has 1 aromatic heterocycles. The Labute approximate surface area is 104 Å². The Morgan fingerprint density at radius 3 is 2.76 bits per heavy atom. The third-order valence-corrected chi connectivity index (χ3v) is 2.32. The van der Waals surface area contributed by atoms with Crippen molar-refractivity contribution in [1.82, 2.24) is 9.47 Å². The molecule has 0 N–H and O–H groups in total. The molecule has 0 atom stereocenters. The molecule has 1 amide bonds. The molecule has 0 aliphatic heterocycles. The Morgan fingerprint density at radius 1 is 1.41 bits per heavy atom. The largest absolute Gasteiger partial charge is 0.278 e. The fraction of sp³-hybridized carbons (Fsp3) is 0.0833. The number of carbonyl (C=O) groups excluding carboxylic acids is 1. The highest BCUT2D eigenvalue weighted by Gasteiger charge is 2.07. The number of amides is 1. The van der Waals surface area contributed by atoms with Crippen molar-refractivity contribution in [1.29, 1.82) is 0 Å². The number of hydrogen-bond acceptors (Lipinski definition) is 3. The van der Waals surface area contributed by atoms with Gasteiger partial charge in [-0.15, -0.1) is 0 Å². The quantitative estimate of drug-likeness (QED) is 0.463. The Kier molecular flexibility index (Phi) is 5.03. The molecular weight excluding hydrogens is 236 g/mol. The van der Waals surface area contributed by atoms with E-state index in [0.29, 0.717) is 6.41 Å². The van der Waals surface area contributed by atoms with Gasteiger partial charge in [0, 0.05) is 18.5 Å². The van der Waals surface area contributed by atoms with Gasteiger partial charge >= 0.3 is 0 Å². The van der Waals surface area contributed by atoms with Crippen LogP contribution in [0.1, 0.15) is 6.92 Å². The van der Waals surface area contributed by atoms with Crippen molar-refractivity contribution in [3.05, 3.63) is 59.2 Å². The fourth-order valence-electron chi connectivity index (χ4n) is 1.11. The smallest absolute Gasteiger partial charge is 0.256 e. The van der Waals surface area contributed by atoms with Crippen molar-refractivity contribution in [2.24, 2.45) is 0 Å². The van der Waals surface area contributed by atoms with Gasteiger partial charge in [0.1, 0.15) is 0 Å². The number of carbonyl (C=O) groups is 1. The third-order valence-electron chi connectivity index (χ3n) is 1.91. The molecule has 5 heteroatoms. The molecular formula is C12H12N2O2S. The highest BCUT2D eigenvalue weighted by molar-refractivity contribution is 7.80. The van der Waals surface area contributed by atoms with E-state index in [1.54, 1.807) is 24.3 Å². The Balaban J connectivity index is 2.98. The van der Waals surface area contributed by atoms with Gasteiger partial charge in [0.2, 0.25) is 6.41 Å². The van der Waals surface area contributed by atoms with E-state index in [1.807, 2.05) is 13.0 Å². The fourth-order valence-corrected chi connectivity index (χ4v) is 1.36. The molecule has 0 spiro atoms. The van der Waals surface area contributed by atoms with E-state index < -0.39 is 0 Å². The second-order valence-electron chi connectivity index (χ2n) is 3.07. The summed E-state index contributed by atoms with van der Waals surface area (Å²) in [5.41, 5.74) is -0.274. The molecule has 0 fully saturated rings. The summed E-state index contributed by atoms with van der Waals surface area (Å²) in [6.07, 6.45) is 8.81. The normalized spacial score (nSPS) is 10.9. The number of allylic oxidation sites excluding steroid dienone is 3. The molecule has 17 heavy (non-hydrogen) atoms. The van der Waals surface area contributed by atoms with Crippen LogP contribution in [0.4, 0.5) is 0 Å². The summed E-state index contributed by atoms with van der Waals surface area (Å²) in [4.78, 5) is 23.5. The van der Waals surface area contributed by atoms with Crippen LogP contribution in [0.15, 0.2) is 53.6 Å². The van der Waals surface area contributed by atoms with E-state index in [4.69, 9.17) is 12.2 Å². The zero-order valence-corrected chi connectivity index (χ0v) is 10.1. The van der Waals surface area contributed by atoms with E-state index in [9.17, 15) is 9.59 Å². The molecule has 0 aromatic carbocycles. The molecule has 4 nitrogen and oxygen atoms in total. The molecule has 0 aliphatic rings. The van der Waals surface area contributed by atoms with E-state index in [2.05, 4.69) is 0 Å². The summed E-state index contributed by atoms with van der Waals surface area (Å²) in [6.45, 7) is 1.86. The maximum Gasteiger partial charge on any atom is 0.256 e. The van der Waals surface area contributed by atoms with Crippen molar-refractivity contribution < 1.29 is 4.79 Å². The highest BCUT2D eigenvalue weighted by atomic mass is 32.1. The van der Waals surface area contributed by atoms with Crippen LogP contribution in [0, 0.1) is 0 Å². The number of thiocarbonyl (C=S) groups is 1. The lowest BCUT2D eigenvalue weighted by molar-refractivity contribution is -0.113. The SMILES string of the molecule is C/C=C\C=C/N(C=O)C(=S)n1ccccc1=O. The lowest BCUT2D eigenvalue weighted by Gasteiger charge is -2.14. The van der Waals surface area contributed by atoms with Crippen molar-refractivity contribution >= 4 is 23.7 Å². The van der Waals surface area contributed by atoms with Crippen molar-refractivity contribution in [2.75, 3.05) is 0 Å². The van der Waals surface area contributed by atoms with Crippen LogP contribution in [-0.4, -0.2) is 21.0 Å². The maximum absolute atomic E-state index is 11.5. The molecule has 0 radical (unpaired) electrons. The van der Waals surface area contributed by atoms with Crippen LogP contribution < -0.4 is 5.56 Å². The predicted molar refractivity (Wildman–Crippen MR) is 70.6 cm³/mol. The van der Waals surface area contributed by atoms with Crippen LogP contribution in [0.5, 0.6) is 0 Å². The summed E-state index contributed by atoms with van der Waals surface area (Å²) in [6, 6.07) is 4.67. The third kappa shape index (κ3) is 3.49. The lowest BCUT2D eigenvalue weighted by atomic mass is 10.5. The molecule has 88 valence electrons. The Morgan fingerprint density at radius 2 is 2.18 bits per heavy atom. The predicted octanol–water partition coefficient (Wildman–Crippen LogP) is 1.53. The number of rotatable bonds is 3. The minimum atomic E-state index is -0.274. The number of pyridine rings is 1. The van der Waals surface area contributed by atoms with Crippen molar-refractivity contribution in [3.8, 4) is 0 Å². The summed E-state index contributed by atoms with van der Waals surface area (Å²) in [7, 11) is 0. The molecule has 0 bridgehead atoms. The highest BCUT2D eigenvalue weighted by Crippen LogP contribution is 1.94. The molecule has 0 saturated heterocycles. The van der Waals surface area contributed by atoms with E-state index >= 15 is 0 Å². The van der Waals surface area contributed by atoms with Crippen LogP contribution in [0.25, 0.3) is 0 Å². The van der Waals surface area contributed by atoms with Crippen molar-refractivity contribution in [2.45, 2.75) is 6.92 Å². The van der Waals surface area contributed by atoms with Gasteiger partial charge in [0.25, 0.3) is 5.56 Å². The van der Waals surface area contributed by atoms with Crippen LogP contribution in [0.3, 0.4) is 0 Å². The Bertz CT molecular complexity index is 517. The second-order valence-corrected chi connectivity index (χ2v) is 3.44. The molecule has 0 aliphatic carbocycles. The van der Waals surface area contributed by atoms with Crippen molar-refractivity contribution in [3.63, 3.8) is 0 Å². The average Bonchev–Trinajstić information content (AvgIpc) is 2.35. The van der Waals surface area contributed by atoms with Crippen LogP contribution in [-0.2, 0) is 4.79 Å². The monoisotopic (exact) mass is 248 g/mol. The zero-order valence-electron chi connectivity index (χ0n) is 9.32. The van der Waals surface area contributed by atoms with Gasteiger partial charge in [-0.05, 0) is 31.3 Å². The zero-order chi connectivity index (χ0) is 12.7. The van der Waals surface area contributed by atoms with E-state index in [1.165, 1.54) is 23.0 Å². The first-order valence-corrected chi connectivity index (χ1v) is 5.36. The average molecular weight is 248 g/mol. The van der Waals surface area contributed by atoms with E-state index in [0.717, 1.165) is 4.90 Å². The van der Waals surface area contributed by atoms with Crippen LogP contribution >= 0.6 is 12.2 Å². The van der Waals surface area contributed by atoms with Crippen LogP contribution in [0.2, 0.25) is 0 Å². The maximum atomic E-state index is 11.5. The first-order valence-electron chi connectivity index (χ1n) is 4.96. The number of nitrogens with zero attached hydrogens (tertiary/aromatic N) is 2. The molecule has 1 rings (SSSR count). The molecule has 0 unspecified atom stereocenters. The van der Waals surface area contributed by atoms with Gasteiger partial charge in [0.05, 0.1) is 0 Å². The number of aromatic nitrogens is 1. The standard InChI is InChI=1S/C12H12N2O2S/c1-2-3-5-8-13(10-15)12(17)14-9-6-4-7-11(14)16/h2-10H,1H3/b3-2-,8-5-. The summed E-state index contributed by atoms with van der Waals surface area (Å²) in [5, 5.41) is 0.117. The van der Waals surface area contributed by atoms with Gasteiger partial charge in [-0.1, -0.05) is 18.2 Å². The second kappa shape index (κ2) is 6.55. The minimum absolute atomic E-state index is 0.117. The first-order chi connectivity index (χ1) is 8.20. The topological polar surface area (TPSA) is 42.3 Å². The van der Waals surface area contributed by atoms with Gasteiger partial charge in [-0.3, -0.25) is 19.1 Å². The Hall–Kier alpha value is -2.01. The first kappa shape index (κ1) is 13.1. The van der Waals surface area contributed by atoms with E-state index in [-0.39, 0.29) is 10.7 Å². The summed E-state index contributed by atoms with van der Waals surface area (Å²) in [5.74, 6) is 0. The molecule has 0 saturated carbocycles. The van der Waals surface area contributed by atoms with Gasteiger partial charge in [-0.25, -0.2) is 0 Å². The minimum Gasteiger partial charge on any atom is -0.278 e. The van der Waals surface area contributed by atoms with Gasteiger partial charge in [-0.2, -0.15) is 0 Å². The lowest BCUT2D eigenvalue weighted by Crippen LogP contribution is -2.35. The molecule has 1 heterocycles.